The molecule has 0 aromatic heterocycles. The molecule has 0 unspecified atom stereocenters. The van der Waals surface area contributed by atoms with Gasteiger partial charge in [-0.15, -0.1) is 0 Å². The fourth-order valence-electron chi connectivity index (χ4n) is 2.69. The minimum atomic E-state index is -3.41. The Kier molecular flexibility index (Phi) is 6.12. The SMILES string of the molecule is CCCC(=O)NC1CCN(S(=O)(=O)Cc2ccc(F)cc2)CC1. The number of rotatable bonds is 6. The summed E-state index contributed by atoms with van der Waals surface area (Å²) in [6, 6.07) is 5.56. The van der Waals surface area contributed by atoms with Gasteiger partial charge in [0.05, 0.1) is 5.75 Å². The van der Waals surface area contributed by atoms with E-state index >= 15 is 0 Å². The van der Waals surface area contributed by atoms with Crippen molar-refractivity contribution in [1.82, 2.24) is 9.62 Å². The highest BCUT2D eigenvalue weighted by atomic mass is 32.2. The fraction of sp³-hybridized carbons (Fsp3) is 0.562. The van der Waals surface area contributed by atoms with Gasteiger partial charge in [0.1, 0.15) is 5.82 Å². The Morgan fingerprint density at radius 1 is 1.26 bits per heavy atom. The maximum atomic E-state index is 12.9. The van der Waals surface area contributed by atoms with Crippen LogP contribution in [0.3, 0.4) is 0 Å². The molecule has 5 nitrogen and oxygen atoms in total. The van der Waals surface area contributed by atoms with Crippen LogP contribution in [0.4, 0.5) is 4.39 Å². The van der Waals surface area contributed by atoms with Gasteiger partial charge in [-0.1, -0.05) is 19.1 Å². The van der Waals surface area contributed by atoms with Gasteiger partial charge in [-0.3, -0.25) is 4.79 Å². The summed E-state index contributed by atoms with van der Waals surface area (Å²) in [5.74, 6) is -0.477. The van der Waals surface area contributed by atoms with Gasteiger partial charge < -0.3 is 5.32 Å². The number of carbonyl (C=O) groups is 1. The van der Waals surface area contributed by atoms with Crippen LogP contribution in [0.5, 0.6) is 0 Å². The third kappa shape index (κ3) is 5.28. The number of benzene rings is 1. The van der Waals surface area contributed by atoms with Gasteiger partial charge in [-0.05, 0) is 37.0 Å². The van der Waals surface area contributed by atoms with Crippen molar-refractivity contribution in [3.63, 3.8) is 0 Å². The van der Waals surface area contributed by atoms with E-state index < -0.39 is 10.0 Å². The monoisotopic (exact) mass is 342 g/mol. The minimum Gasteiger partial charge on any atom is -0.353 e. The molecule has 1 aromatic rings. The molecule has 0 atom stereocenters. The summed E-state index contributed by atoms with van der Waals surface area (Å²) >= 11 is 0. The molecular weight excluding hydrogens is 319 g/mol. The molecule has 0 bridgehead atoms. The Morgan fingerprint density at radius 2 is 1.87 bits per heavy atom. The predicted molar refractivity (Wildman–Crippen MR) is 86.7 cm³/mol. The van der Waals surface area contributed by atoms with Crippen molar-refractivity contribution in [2.24, 2.45) is 0 Å². The number of halogens is 1. The molecule has 0 radical (unpaired) electrons. The van der Waals surface area contributed by atoms with E-state index in [9.17, 15) is 17.6 Å². The van der Waals surface area contributed by atoms with E-state index in [0.29, 0.717) is 37.9 Å². The normalized spacial score (nSPS) is 17.1. The molecule has 7 heteroatoms. The highest BCUT2D eigenvalue weighted by Crippen LogP contribution is 2.18. The average molecular weight is 342 g/mol. The molecule has 1 saturated heterocycles. The van der Waals surface area contributed by atoms with Gasteiger partial charge >= 0.3 is 0 Å². The number of nitrogens with one attached hydrogen (secondary N) is 1. The van der Waals surface area contributed by atoms with Gasteiger partial charge in [0.25, 0.3) is 0 Å². The van der Waals surface area contributed by atoms with E-state index in [1.807, 2.05) is 6.92 Å². The molecular formula is C16H23FN2O3S. The molecule has 1 heterocycles. The molecule has 0 aliphatic carbocycles. The maximum absolute atomic E-state index is 12.9. The average Bonchev–Trinajstić information content (AvgIpc) is 2.50. The number of carbonyl (C=O) groups excluding carboxylic acids is 1. The maximum Gasteiger partial charge on any atom is 0.220 e. The zero-order valence-corrected chi connectivity index (χ0v) is 14.1. The van der Waals surface area contributed by atoms with E-state index in [1.165, 1.54) is 28.6 Å². The van der Waals surface area contributed by atoms with Crippen LogP contribution in [0.2, 0.25) is 0 Å². The summed E-state index contributed by atoms with van der Waals surface area (Å²) in [4.78, 5) is 11.6. The fourth-order valence-corrected chi connectivity index (χ4v) is 4.25. The molecule has 1 aromatic carbocycles. The molecule has 23 heavy (non-hydrogen) atoms. The molecule has 0 spiro atoms. The van der Waals surface area contributed by atoms with Crippen LogP contribution in [-0.2, 0) is 20.6 Å². The van der Waals surface area contributed by atoms with Crippen LogP contribution in [0.15, 0.2) is 24.3 Å². The molecule has 1 N–H and O–H groups in total. The molecule has 1 aliphatic rings. The second-order valence-corrected chi connectivity index (χ2v) is 7.84. The number of hydrogen-bond donors (Lipinski definition) is 1. The Balaban J connectivity index is 1.88. The number of piperidine rings is 1. The van der Waals surface area contributed by atoms with Crippen molar-refractivity contribution >= 4 is 15.9 Å². The lowest BCUT2D eigenvalue weighted by Gasteiger charge is -2.31. The lowest BCUT2D eigenvalue weighted by Crippen LogP contribution is -2.46. The van der Waals surface area contributed by atoms with Crippen LogP contribution in [0.25, 0.3) is 0 Å². The largest absolute Gasteiger partial charge is 0.353 e. The summed E-state index contributed by atoms with van der Waals surface area (Å²) in [6.45, 7) is 2.76. The van der Waals surface area contributed by atoms with Crippen LogP contribution >= 0.6 is 0 Å². The molecule has 2 rings (SSSR count). The lowest BCUT2D eigenvalue weighted by atomic mass is 10.1. The van der Waals surface area contributed by atoms with Gasteiger partial charge in [0.15, 0.2) is 0 Å². The van der Waals surface area contributed by atoms with E-state index in [2.05, 4.69) is 5.32 Å². The Morgan fingerprint density at radius 3 is 2.43 bits per heavy atom. The number of nitrogens with zero attached hydrogens (tertiary/aromatic N) is 1. The summed E-state index contributed by atoms with van der Waals surface area (Å²) in [7, 11) is -3.41. The smallest absolute Gasteiger partial charge is 0.220 e. The topological polar surface area (TPSA) is 66.5 Å². The third-order valence-corrected chi connectivity index (χ3v) is 5.80. The van der Waals surface area contributed by atoms with Crippen LogP contribution in [0, 0.1) is 5.82 Å². The first-order valence-corrected chi connectivity index (χ1v) is 9.53. The first kappa shape index (κ1) is 17.9. The summed E-state index contributed by atoms with van der Waals surface area (Å²) in [5, 5.41) is 2.95. The highest BCUT2D eigenvalue weighted by molar-refractivity contribution is 7.88. The zero-order valence-electron chi connectivity index (χ0n) is 13.3. The Labute approximate surface area is 136 Å². The predicted octanol–water partition coefficient (Wildman–Crippen LogP) is 2.04. The second-order valence-electron chi connectivity index (χ2n) is 5.87. The number of hydrogen-bond acceptors (Lipinski definition) is 3. The van der Waals surface area contributed by atoms with Gasteiger partial charge in [-0.2, -0.15) is 0 Å². The Bertz CT molecular complexity index is 623. The van der Waals surface area contributed by atoms with E-state index in [-0.39, 0.29) is 23.5 Å². The van der Waals surface area contributed by atoms with Crippen molar-refractivity contribution in [3.8, 4) is 0 Å². The standard InChI is InChI=1S/C16H23FN2O3S/c1-2-3-16(20)18-15-8-10-19(11-9-15)23(21,22)12-13-4-6-14(17)7-5-13/h4-7,15H,2-3,8-12H2,1H3,(H,18,20). The Hall–Kier alpha value is -1.47. The summed E-state index contributed by atoms with van der Waals surface area (Å²) in [5.41, 5.74) is 0.574. The van der Waals surface area contributed by atoms with Crippen molar-refractivity contribution in [1.29, 1.82) is 0 Å². The second kappa shape index (κ2) is 7.88. The first-order chi connectivity index (χ1) is 10.9. The first-order valence-electron chi connectivity index (χ1n) is 7.92. The molecule has 1 amide bonds. The van der Waals surface area contributed by atoms with Crippen molar-refractivity contribution < 1.29 is 17.6 Å². The van der Waals surface area contributed by atoms with Crippen molar-refractivity contribution in [3.05, 3.63) is 35.6 Å². The van der Waals surface area contributed by atoms with Gasteiger partial charge in [0, 0.05) is 25.6 Å². The number of amides is 1. The molecule has 128 valence electrons. The van der Waals surface area contributed by atoms with Crippen LogP contribution in [-0.4, -0.2) is 37.8 Å². The summed E-state index contributed by atoms with van der Waals surface area (Å²) in [6.07, 6.45) is 2.55. The number of sulfonamides is 1. The van der Waals surface area contributed by atoms with Crippen LogP contribution in [0.1, 0.15) is 38.2 Å². The minimum absolute atomic E-state index is 0.0279. The quantitative estimate of drug-likeness (QED) is 0.860. The van der Waals surface area contributed by atoms with Crippen molar-refractivity contribution in [2.75, 3.05) is 13.1 Å². The van der Waals surface area contributed by atoms with E-state index in [4.69, 9.17) is 0 Å². The lowest BCUT2D eigenvalue weighted by molar-refractivity contribution is -0.122. The third-order valence-electron chi connectivity index (χ3n) is 3.95. The molecule has 1 fully saturated rings. The van der Waals surface area contributed by atoms with E-state index in [0.717, 1.165) is 6.42 Å². The zero-order chi connectivity index (χ0) is 16.9. The summed E-state index contributed by atoms with van der Waals surface area (Å²) < 4.78 is 39.2. The highest BCUT2D eigenvalue weighted by Gasteiger charge is 2.28. The molecule has 0 saturated carbocycles. The van der Waals surface area contributed by atoms with Crippen LogP contribution < -0.4 is 5.32 Å². The molecule has 1 aliphatic heterocycles. The van der Waals surface area contributed by atoms with Gasteiger partial charge in [0.2, 0.25) is 15.9 Å². The van der Waals surface area contributed by atoms with Gasteiger partial charge in [-0.25, -0.2) is 17.1 Å². The van der Waals surface area contributed by atoms with Crippen molar-refractivity contribution in [2.45, 2.75) is 44.4 Å². The van der Waals surface area contributed by atoms with E-state index in [1.54, 1.807) is 0 Å².